The van der Waals surface area contributed by atoms with Gasteiger partial charge in [0.05, 0.1) is 12.9 Å². The van der Waals surface area contributed by atoms with E-state index < -0.39 is 5.54 Å². The molecule has 1 aromatic rings. The van der Waals surface area contributed by atoms with Crippen molar-refractivity contribution in [1.82, 2.24) is 5.32 Å². The highest BCUT2D eigenvalue weighted by Gasteiger charge is 2.41. The van der Waals surface area contributed by atoms with Crippen molar-refractivity contribution in [3.05, 3.63) is 30.1 Å². The summed E-state index contributed by atoms with van der Waals surface area (Å²) in [5.74, 6) is -0.695. The molecule has 1 amide bonds. The maximum atomic E-state index is 12.8. The van der Waals surface area contributed by atoms with Gasteiger partial charge in [-0.15, -0.1) is 11.8 Å². The van der Waals surface area contributed by atoms with Crippen molar-refractivity contribution in [2.24, 2.45) is 0 Å². The van der Waals surface area contributed by atoms with Gasteiger partial charge in [-0.3, -0.25) is 4.79 Å². The largest absolute Gasteiger partial charge is 0.467 e. The second-order valence-electron chi connectivity index (χ2n) is 5.43. The van der Waals surface area contributed by atoms with Crippen molar-refractivity contribution >= 4 is 23.6 Å². The molecule has 4 nitrogen and oxygen atoms in total. The van der Waals surface area contributed by atoms with Crippen LogP contribution in [0.15, 0.2) is 29.2 Å². The van der Waals surface area contributed by atoms with Crippen molar-refractivity contribution in [3.8, 4) is 0 Å². The Bertz CT molecular complexity index is 527. The highest BCUT2D eigenvalue weighted by Crippen LogP contribution is 2.29. The summed E-state index contributed by atoms with van der Waals surface area (Å²) in [5.41, 5.74) is -0.882. The van der Waals surface area contributed by atoms with E-state index in [1.165, 1.54) is 31.0 Å². The number of hydrogen-bond acceptors (Lipinski definition) is 4. The monoisotopic (exact) mass is 325 g/mol. The molecule has 1 aliphatic rings. The molecule has 0 heterocycles. The summed E-state index contributed by atoms with van der Waals surface area (Å²) in [7, 11) is 1.35. The van der Waals surface area contributed by atoms with Crippen LogP contribution in [0.25, 0.3) is 0 Å². The first-order valence-corrected chi connectivity index (χ1v) is 8.32. The molecule has 0 saturated heterocycles. The van der Waals surface area contributed by atoms with Gasteiger partial charge >= 0.3 is 5.97 Å². The van der Waals surface area contributed by atoms with Crippen LogP contribution in [0.2, 0.25) is 0 Å². The SMILES string of the molecule is COC(=O)C1(NC(=O)CSc2ccc(F)cc2)CCCCC1. The van der Waals surface area contributed by atoms with E-state index in [2.05, 4.69) is 5.32 Å². The number of halogens is 1. The molecular formula is C16H20FNO3S. The summed E-state index contributed by atoms with van der Waals surface area (Å²) < 4.78 is 17.7. The van der Waals surface area contributed by atoms with E-state index in [0.717, 1.165) is 24.2 Å². The van der Waals surface area contributed by atoms with Crippen molar-refractivity contribution in [2.75, 3.05) is 12.9 Å². The average molecular weight is 325 g/mol. The Morgan fingerprint density at radius 1 is 1.23 bits per heavy atom. The standard InChI is InChI=1S/C16H20FNO3S/c1-21-15(20)16(9-3-2-4-10-16)18-14(19)11-22-13-7-5-12(17)6-8-13/h5-8H,2-4,9-11H2,1H3,(H,18,19). The highest BCUT2D eigenvalue weighted by molar-refractivity contribution is 8.00. The van der Waals surface area contributed by atoms with Crippen molar-refractivity contribution in [2.45, 2.75) is 42.5 Å². The van der Waals surface area contributed by atoms with Crippen LogP contribution in [-0.4, -0.2) is 30.3 Å². The Morgan fingerprint density at radius 2 is 1.86 bits per heavy atom. The number of esters is 1. The van der Waals surface area contributed by atoms with Crippen LogP contribution < -0.4 is 5.32 Å². The van der Waals surface area contributed by atoms with Gasteiger partial charge in [0.25, 0.3) is 0 Å². The van der Waals surface area contributed by atoms with Gasteiger partial charge in [-0.25, -0.2) is 9.18 Å². The van der Waals surface area contributed by atoms with E-state index in [-0.39, 0.29) is 23.4 Å². The Balaban J connectivity index is 1.93. The molecule has 1 N–H and O–H groups in total. The molecule has 120 valence electrons. The van der Waals surface area contributed by atoms with E-state index in [9.17, 15) is 14.0 Å². The van der Waals surface area contributed by atoms with E-state index in [4.69, 9.17) is 4.74 Å². The smallest absolute Gasteiger partial charge is 0.331 e. The number of benzene rings is 1. The summed E-state index contributed by atoms with van der Waals surface area (Å²) >= 11 is 1.31. The number of amides is 1. The summed E-state index contributed by atoms with van der Waals surface area (Å²) in [6, 6.07) is 5.97. The zero-order valence-electron chi connectivity index (χ0n) is 12.6. The van der Waals surface area contributed by atoms with Gasteiger partial charge in [0.15, 0.2) is 0 Å². The second-order valence-corrected chi connectivity index (χ2v) is 6.47. The predicted molar refractivity (Wildman–Crippen MR) is 83.1 cm³/mol. The number of ether oxygens (including phenoxy) is 1. The quantitative estimate of drug-likeness (QED) is 0.668. The van der Waals surface area contributed by atoms with Crippen LogP contribution in [0.4, 0.5) is 4.39 Å². The Morgan fingerprint density at radius 3 is 2.45 bits per heavy atom. The maximum Gasteiger partial charge on any atom is 0.331 e. The third-order valence-corrected chi connectivity index (χ3v) is 4.86. The number of rotatable bonds is 5. The van der Waals surface area contributed by atoms with Crippen molar-refractivity contribution in [3.63, 3.8) is 0 Å². The minimum absolute atomic E-state index is 0.185. The molecule has 0 spiro atoms. The molecule has 0 unspecified atom stereocenters. The normalized spacial score (nSPS) is 16.8. The molecule has 0 bridgehead atoms. The molecule has 22 heavy (non-hydrogen) atoms. The lowest BCUT2D eigenvalue weighted by molar-refractivity contribution is -0.152. The third-order valence-electron chi connectivity index (χ3n) is 3.85. The van der Waals surface area contributed by atoms with Gasteiger partial charge in [0.1, 0.15) is 11.4 Å². The van der Waals surface area contributed by atoms with E-state index in [0.29, 0.717) is 12.8 Å². The van der Waals surface area contributed by atoms with Crippen LogP contribution in [0.3, 0.4) is 0 Å². The number of nitrogens with one attached hydrogen (secondary N) is 1. The fourth-order valence-corrected chi connectivity index (χ4v) is 3.41. The number of thioether (sulfide) groups is 1. The van der Waals surface area contributed by atoms with Crippen LogP contribution >= 0.6 is 11.8 Å². The maximum absolute atomic E-state index is 12.8. The van der Waals surface area contributed by atoms with Gasteiger partial charge in [0.2, 0.25) is 5.91 Å². The van der Waals surface area contributed by atoms with Crippen molar-refractivity contribution < 1.29 is 18.7 Å². The number of hydrogen-bond donors (Lipinski definition) is 1. The van der Waals surface area contributed by atoms with Gasteiger partial charge in [-0.05, 0) is 37.1 Å². The molecule has 0 aliphatic heterocycles. The number of carbonyl (C=O) groups is 2. The molecule has 1 saturated carbocycles. The lowest BCUT2D eigenvalue weighted by Crippen LogP contribution is -2.56. The minimum Gasteiger partial charge on any atom is -0.467 e. The molecule has 6 heteroatoms. The van der Waals surface area contributed by atoms with Gasteiger partial charge in [-0.2, -0.15) is 0 Å². The first-order chi connectivity index (χ1) is 10.6. The fourth-order valence-electron chi connectivity index (χ4n) is 2.71. The molecule has 1 aliphatic carbocycles. The summed E-state index contributed by atoms with van der Waals surface area (Å²) in [6.45, 7) is 0. The summed E-state index contributed by atoms with van der Waals surface area (Å²) in [5, 5.41) is 2.86. The zero-order valence-corrected chi connectivity index (χ0v) is 13.4. The predicted octanol–water partition coefficient (Wildman–Crippen LogP) is 2.91. The molecule has 1 fully saturated rings. The average Bonchev–Trinajstić information content (AvgIpc) is 2.54. The van der Waals surface area contributed by atoms with E-state index >= 15 is 0 Å². The van der Waals surface area contributed by atoms with E-state index in [1.807, 2.05) is 0 Å². The lowest BCUT2D eigenvalue weighted by Gasteiger charge is -2.35. The molecular weight excluding hydrogens is 305 g/mol. The molecule has 0 atom stereocenters. The Kier molecular flexibility index (Phi) is 5.83. The number of methoxy groups -OCH3 is 1. The molecule has 2 rings (SSSR count). The fraction of sp³-hybridized carbons (Fsp3) is 0.500. The summed E-state index contributed by atoms with van der Waals surface area (Å²) in [4.78, 5) is 25.0. The summed E-state index contributed by atoms with van der Waals surface area (Å²) in [6.07, 6.45) is 4.11. The van der Waals surface area contributed by atoms with Gasteiger partial charge in [-0.1, -0.05) is 19.3 Å². The van der Waals surface area contributed by atoms with Gasteiger partial charge in [0, 0.05) is 4.90 Å². The minimum atomic E-state index is -0.882. The highest BCUT2D eigenvalue weighted by atomic mass is 32.2. The van der Waals surface area contributed by atoms with Crippen LogP contribution in [-0.2, 0) is 14.3 Å². The van der Waals surface area contributed by atoms with Gasteiger partial charge < -0.3 is 10.1 Å². The Labute approximate surface area is 133 Å². The molecule has 0 radical (unpaired) electrons. The third kappa shape index (κ3) is 4.22. The first kappa shape index (κ1) is 16.8. The van der Waals surface area contributed by atoms with E-state index in [1.54, 1.807) is 12.1 Å². The zero-order chi connectivity index (χ0) is 16.0. The van der Waals surface area contributed by atoms with Crippen LogP contribution in [0, 0.1) is 5.82 Å². The second kappa shape index (κ2) is 7.63. The number of carbonyl (C=O) groups excluding carboxylic acids is 2. The molecule has 0 aromatic heterocycles. The Hall–Kier alpha value is -1.56. The lowest BCUT2D eigenvalue weighted by atomic mass is 9.81. The van der Waals surface area contributed by atoms with Crippen LogP contribution in [0.1, 0.15) is 32.1 Å². The topological polar surface area (TPSA) is 55.4 Å². The van der Waals surface area contributed by atoms with Crippen LogP contribution in [0.5, 0.6) is 0 Å². The van der Waals surface area contributed by atoms with Crippen molar-refractivity contribution in [1.29, 1.82) is 0 Å². The molecule has 1 aromatic carbocycles. The first-order valence-electron chi connectivity index (χ1n) is 7.33.